The summed E-state index contributed by atoms with van der Waals surface area (Å²) >= 11 is 0. The summed E-state index contributed by atoms with van der Waals surface area (Å²) in [6.45, 7) is 0.506. The van der Waals surface area contributed by atoms with Gasteiger partial charge in [0.1, 0.15) is 6.61 Å². The summed E-state index contributed by atoms with van der Waals surface area (Å²) in [4.78, 5) is 24.9. The van der Waals surface area contributed by atoms with E-state index in [0.717, 1.165) is 16.7 Å². The topological polar surface area (TPSA) is 61.4 Å². The number of esters is 1. The Hall–Kier alpha value is -4.12. The van der Waals surface area contributed by atoms with E-state index in [4.69, 9.17) is 9.15 Å². The van der Waals surface area contributed by atoms with Crippen molar-refractivity contribution >= 4 is 12.0 Å². The van der Waals surface area contributed by atoms with Crippen LogP contribution in [-0.4, -0.2) is 10.5 Å². The molecule has 5 heteroatoms. The van der Waals surface area contributed by atoms with Crippen molar-refractivity contribution in [2.45, 2.75) is 13.2 Å². The molecule has 0 radical (unpaired) electrons. The number of rotatable bonds is 7. The van der Waals surface area contributed by atoms with Crippen molar-refractivity contribution in [3.63, 3.8) is 0 Å². The summed E-state index contributed by atoms with van der Waals surface area (Å²) in [5.41, 5.74) is 3.12. The van der Waals surface area contributed by atoms with Crippen LogP contribution in [0.1, 0.15) is 16.8 Å². The Morgan fingerprint density at radius 1 is 0.839 bits per heavy atom. The van der Waals surface area contributed by atoms with Crippen LogP contribution in [0.4, 0.5) is 0 Å². The van der Waals surface area contributed by atoms with Crippen LogP contribution >= 0.6 is 0 Å². The van der Waals surface area contributed by atoms with Crippen LogP contribution in [0, 0.1) is 0 Å². The Labute approximate surface area is 179 Å². The van der Waals surface area contributed by atoms with Crippen LogP contribution in [0.25, 0.3) is 17.4 Å². The van der Waals surface area contributed by atoms with Crippen LogP contribution in [0.2, 0.25) is 0 Å². The molecule has 0 atom stereocenters. The lowest BCUT2D eigenvalue weighted by Crippen LogP contribution is -2.16. The van der Waals surface area contributed by atoms with Gasteiger partial charge in [-0.2, -0.15) is 0 Å². The third-order valence-electron chi connectivity index (χ3n) is 4.75. The molecule has 0 aliphatic carbocycles. The molecular weight excluding hydrogens is 390 g/mol. The second kappa shape index (κ2) is 9.59. The molecule has 0 spiro atoms. The molecule has 0 saturated carbocycles. The van der Waals surface area contributed by atoms with Crippen molar-refractivity contribution in [3.8, 4) is 11.3 Å². The van der Waals surface area contributed by atoms with Crippen LogP contribution in [-0.2, 0) is 22.7 Å². The van der Waals surface area contributed by atoms with Crippen LogP contribution in [0.15, 0.2) is 106 Å². The molecule has 0 fully saturated rings. The summed E-state index contributed by atoms with van der Waals surface area (Å²) in [7, 11) is 0. The number of benzene rings is 3. The molecule has 154 valence electrons. The molecule has 31 heavy (non-hydrogen) atoms. The molecule has 4 rings (SSSR count). The normalized spacial score (nSPS) is 11.0. The largest absolute Gasteiger partial charge is 0.458 e. The van der Waals surface area contributed by atoms with Crippen molar-refractivity contribution in [3.05, 3.63) is 124 Å². The molecular formula is C26H21NO4. The predicted molar refractivity (Wildman–Crippen MR) is 119 cm³/mol. The third-order valence-corrected chi connectivity index (χ3v) is 4.75. The van der Waals surface area contributed by atoms with E-state index in [9.17, 15) is 9.59 Å². The van der Waals surface area contributed by atoms with E-state index in [0.29, 0.717) is 18.0 Å². The Morgan fingerprint density at radius 3 is 2.06 bits per heavy atom. The zero-order chi connectivity index (χ0) is 21.5. The summed E-state index contributed by atoms with van der Waals surface area (Å²) in [5.74, 6) is -0.573. The molecule has 3 aromatic carbocycles. The van der Waals surface area contributed by atoms with Crippen molar-refractivity contribution in [2.24, 2.45) is 0 Å². The van der Waals surface area contributed by atoms with Gasteiger partial charge in [-0.15, -0.1) is 0 Å². The van der Waals surface area contributed by atoms with Gasteiger partial charge in [-0.05, 0) is 17.2 Å². The fraction of sp³-hybridized carbons (Fsp3) is 0.0769. The zero-order valence-electron chi connectivity index (χ0n) is 16.8. The molecule has 5 nitrogen and oxygen atoms in total. The minimum absolute atomic E-state index is 0.178. The van der Waals surface area contributed by atoms with Gasteiger partial charge >= 0.3 is 11.7 Å². The highest BCUT2D eigenvalue weighted by atomic mass is 16.5. The Morgan fingerprint density at radius 2 is 1.42 bits per heavy atom. The van der Waals surface area contributed by atoms with E-state index in [1.165, 1.54) is 10.6 Å². The summed E-state index contributed by atoms with van der Waals surface area (Å²) in [6, 6.07) is 28.4. The SMILES string of the molecule is O=C(/C=C/c1c(-c2ccccc2)oc(=O)n1Cc1ccccc1)OCc1ccccc1. The lowest BCUT2D eigenvalue weighted by molar-refractivity contribution is -0.138. The first-order valence-electron chi connectivity index (χ1n) is 9.92. The van der Waals surface area contributed by atoms with E-state index in [1.54, 1.807) is 6.08 Å². The zero-order valence-corrected chi connectivity index (χ0v) is 16.8. The van der Waals surface area contributed by atoms with E-state index in [2.05, 4.69) is 0 Å². The Balaban J connectivity index is 1.63. The van der Waals surface area contributed by atoms with Crippen molar-refractivity contribution in [1.82, 2.24) is 4.57 Å². The quantitative estimate of drug-likeness (QED) is 0.320. The van der Waals surface area contributed by atoms with Crippen molar-refractivity contribution < 1.29 is 13.9 Å². The average Bonchev–Trinajstić information content (AvgIpc) is 3.13. The summed E-state index contributed by atoms with van der Waals surface area (Å²) in [6.07, 6.45) is 2.89. The average molecular weight is 411 g/mol. The van der Waals surface area contributed by atoms with Gasteiger partial charge in [0.2, 0.25) is 0 Å². The number of aromatic nitrogens is 1. The highest BCUT2D eigenvalue weighted by Crippen LogP contribution is 2.24. The number of nitrogens with zero attached hydrogens (tertiary/aromatic N) is 1. The van der Waals surface area contributed by atoms with E-state index in [-0.39, 0.29) is 6.61 Å². The molecule has 0 aliphatic rings. The molecule has 4 aromatic rings. The maximum Gasteiger partial charge on any atom is 0.420 e. The van der Waals surface area contributed by atoms with Crippen molar-refractivity contribution in [1.29, 1.82) is 0 Å². The lowest BCUT2D eigenvalue weighted by Gasteiger charge is -2.06. The van der Waals surface area contributed by atoms with E-state index < -0.39 is 11.7 Å². The molecule has 0 bridgehead atoms. The van der Waals surface area contributed by atoms with Gasteiger partial charge in [-0.1, -0.05) is 91.0 Å². The van der Waals surface area contributed by atoms with Gasteiger partial charge in [0.25, 0.3) is 0 Å². The number of ether oxygens (including phenoxy) is 1. The number of hydrogen-bond acceptors (Lipinski definition) is 4. The first-order valence-corrected chi connectivity index (χ1v) is 9.92. The minimum atomic E-state index is -0.497. The Kier molecular flexibility index (Phi) is 6.24. The monoisotopic (exact) mass is 411 g/mol. The third kappa shape index (κ3) is 5.08. The minimum Gasteiger partial charge on any atom is -0.458 e. The summed E-state index contributed by atoms with van der Waals surface area (Å²) < 4.78 is 12.4. The predicted octanol–water partition coefficient (Wildman–Crippen LogP) is 4.91. The van der Waals surface area contributed by atoms with Gasteiger partial charge in [0, 0.05) is 11.6 Å². The van der Waals surface area contributed by atoms with E-state index >= 15 is 0 Å². The van der Waals surface area contributed by atoms with Gasteiger partial charge < -0.3 is 9.15 Å². The highest BCUT2D eigenvalue weighted by molar-refractivity contribution is 5.88. The van der Waals surface area contributed by atoms with E-state index in [1.807, 2.05) is 91.0 Å². The lowest BCUT2D eigenvalue weighted by atomic mass is 10.1. The van der Waals surface area contributed by atoms with Gasteiger partial charge in [0.15, 0.2) is 5.76 Å². The first-order chi connectivity index (χ1) is 15.2. The number of hydrogen-bond donors (Lipinski definition) is 0. The van der Waals surface area contributed by atoms with Crippen molar-refractivity contribution in [2.75, 3.05) is 0 Å². The maximum absolute atomic E-state index is 12.6. The molecule has 0 aliphatic heterocycles. The molecule has 0 unspecified atom stereocenters. The smallest absolute Gasteiger partial charge is 0.420 e. The maximum atomic E-state index is 12.6. The second-order valence-electron chi connectivity index (χ2n) is 6.95. The second-order valence-corrected chi connectivity index (χ2v) is 6.95. The molecule has 1 heterocycles. The molecule has 1 aromatic heterocycles. The van der Waals surface area contributed by atoms with Gasteiger partial charge in [0.05, 0.1) is 12.2 Å². The number of oxazole rings is 1. The van der Waals surface area contributed by atoms with Gasteiger partial charge in [-0.3, -0.25) is 4.57 Å². The highest BCUT2D eigenvalue weighted by Gasteiger charge is 2.17. The summed E-state index contributed by atoms with van der Waals surface area (Å²) in [5, 5.41) is 0. The van der Waals surface area contributed by atoms with Gasteiger partial charge in [-0.25, -0.2) is 9.59 Å². The standard InChI is InChI=1S/C26H21NO4/c28-24(30-19-21-12-6-2-7-13-21)17-16-23-25(22-14-8-3-9-15-22)31-26(29)27(23)18-20-10-4-1-5-11-20/h1-17H,18-19H2/b17-16+. The Bertz CT molecular complexity index is 1220. The molecule has 0 N–H and O–H groups in total. The molecule has 0 saturated heterocycles. The number of carbonyl (C=O) groups excluding carboxylic acids is 1. The fourth-order valence-corrected chi connectivity index (χ4v) is 3.22. The first kappa shape index (κ1) is 20.2. The van der Waals surface area contributed by atoms with Crippen LogP contribution in [0.5, 0.6) is 0 Å². The fourth-order valence-electron chi connectivity index (χ4n) is 3.22. The van der Waals surface area contributed by atoms with Crippen LogP contribution < -0.4 is 5.76 Å². The number of carbonyl (C=O) groups is 1. The van der Waals surface area contributed by atoms with Crippen LogP contribution in [0.3, 0.4) is 0 Å². The molecule has 0 amide bonds.